The molecule has 0 saturated carbocycles. The molecular weight excluding hydrogens is 311 g/mol. The van der Waals surface area contributed by atoms with E-state index in [0.29, 0.717) is 6.42 Å². The summed E-state index contributed by atoms with van der Waals surface area (Å²) in [4.78, 5) is 21.8. The van der Waals surface area contributed by atoms with Crippen molar-refractivity contribution in [1.29, 1.82) is 0 Å². The number of carboxylic acids is 1. The van der Waals surface area contributed by atoms with Crippen molar-refractivity contribution < 1.29 is 62.0 Å². The number of hydrogen-bond donors (Lipinski definition) is 1. The van der Waals surface area contributed by atoms with E-state index in [4.69, 9.17) is 9.84 Å². The monoisotopic (exact) mass is 332 g/mol. The van der Waals surface area contributed by atoms with Gasteiger partial charge in [-0.3, -0.25) is 9.59 Å². The second kappa shape index (κ2) is 12.4. The van der Waals surface area contributed by atoms with Crippen LogP contribution in [0.1, 0.15) is 51.9 Å². The molecule has 0 radical (unpaired) electrons. The summed E-state index contributed by atoms with van der Waals surface area (Å²) in [6.07, 6.45) is 5.00. The molecule has 1 atom stereocenters. The van der Waals surface area contributed by atoms with E-state index in [1.54, 1.807) is 0 Å². The maximum absolute atomic E-state index is 11.3. The standard InChI is InChI=1S/C12H22O7S.Na/c1-2-3-4-5-6-7-8-19-11(13)9-10(12(14)15)20(16,17)18;/h10H,2-9H2,1H3,(H,14,15)(H,16,17,18);/q;+1/p-1. The minimum absolute atomic E-state index is 0. The summed E-state index contributed by atoms with van der Waals surface area (Å²) in [6, 6.07) is 0. The number of carbonyl (C=O) groups excluding carboxylic acids is 1. The second-order valence-electron chi connectivity index (χ2n) is 4.51. The van der Waals surface area contributed by atoms with Crippen LogP contribution in [0, 0.1) is 0 Å². The van der Waals surface area contributed by atoms with Crippen molar-refractivity contribution in [1.82, 2.24) is 0 Å². The fourth-order valence-electron chi connectivity index (χ4n) is 1.59. The summed E-state index contributed by atoms with van der Waals surface area (Å²) in [7, 11) is -5.06. The predicted molar refractivity (Wildman–Crippen MR) is 70.1 cm³/mol. The predicted octanol–water partition coefficient (Wildman–Crippen LogP) is -1.72. The van der Waals surface area contributed by atoms with E-state index in [-0.39, 0.29) is 36.2 Å². The Balaban J connectivity index is 0. The topological polar surface area (TPSA) is 121 Å². The van der Waals surface area contributed by atoms with Gasteiger partial charge in [-0.15, -0.1) is 0 Å². The van der Waals surface area contributed by atoms with E-state index in [9.17, 15) is 22.6 Å². The SMILES string of the molecule is CCCCCCCCOC(=O)CC(C(=O)O)S(=O)(=O)[O-].[Na+]. The van der Waals surface area contributed by atoms with Crippen molar-refractivity contribution in [2.45, 2.75) is 57.1 Å². The van der Waals surface area contributed by atoms with Gasteiger partial charge in [-0.05, 0) is 6.42 Å². The molecule has 7 nitrogen and oxygen atoms in total. The molecule has 0 aromatic heterocycles. The van der Waals surface area contributed by atoms with E-state index < -0.39 is 33.7 Å². The maximum atomic E-state index is 11.3. The Labute approximate surface area is 147 Å². The molecule has 0 aliphatic carbocycles. The van der Waals surface area contributed by atoms with E-state index in [0.717, 1.165) is 32.1 Å². The van der Waals surface area contributed by atoms with Gasteiger partial charge in [-0.2, -0.15) is 0 Å². The average molecular weight is 332 g/mol. The van der Waals surface area contributed by atoms with Crippen LogP contribution >= 0.6 is 0 Å². The molecule has 0 fully saturated rings. The zero-order chi connectivity index (χ0) is 15.6. The molecule has 0 heterocycles. The summed E-state index contributed by atoms with van der Waals surface area (Å²) in [6.45, 7) is 2.21. The fourth-order valence-corrected chi connectivity index (χ4v) is 2.18. The van der Waals surface area contributed by atoms with E-state index in [1.807, 2.05) is 0 Å². The second-order valence-corrected chi connectivity index (χ2v) is 6.07. The summed E-state index contributed by atoms with van der Waals surface area (Å²) in [5, 5.41) is 6.28. The van der Waals surface area contributed by atoms with Crippen LogP contribution in [-0.4, -0.2) is 41.9 Å². The van der Waals surface area contributed by atoms with Gasteiger partial charge in [0.15, 0.2) is 5.25 Å². The normalized spacial score (nSPS) is 12.3. The molecule has 0 aromatic carbocycles. The van der Waals surface area contributed by atoms with Gasteiger partial charge >= 0.3 is 41.5 Å². The first-order valence-corrected chi connectivity index (χ1v) is 8.09. The molecule has 0 aromatic rings. The zero-order valence-electron chi connectivity index (χ0n) is 12.5. The van der Waals surface area contributed by atoms with E-state index in [2.05, 4.69) is 6.92 Å². The van der Waals surface area contributed by atoms with Crippen LogP contribution in [0.3, 0.4) is 0 Å². The summed E-state index contributed by atoms with van der Waals surface area (Å²) in [5.41, 5.74) is 0. The Hall–Kier alpha value is -0.150. The van der Waals surface area contributed by atoms with Gasteiger partial charge in [0.2, 0.25) is 0 Å². The van der Waals surface area contributed by atoms with Crippen LogP contribution in [0.25, 0.3) is 0 Å². The van der Waals surface area contributed by atoms with Gasteiger partial charge in [-0.25, -0.2) is 8.42 Å². The van der Waals surface area contributed by atoms with E-state index >= 15 is 0 Å². The molecule has 0 bridgehead atoms. The first kappa shape index (κ1) is 23.1. The van der Waals surface area contributed by atoms with Crippen molar-refractivity contribution in [3.05, 3.63) is 0 Å². The average Bonchev–Trinajstić information content (AvgIpc) is 2.33. The van der Waals surface area contributed by atoms with Crippen LogP contribution in [0.5, 0.6) is 0 Å². The van der Waals surface area contributed by atoms with Gasteiger partial charge in [0.05, 0.1) is 13.0 Å². The van der Waals surface area contributed by atoms with Gasteiger partial charge < -0.3 is 14.4 Å². The minimum atomic E-state index is -5.06. The summed E-state index contributed by atoms with van der Waals surface area (Å²) >= 11 is 0. The molecule has 118 valence electrons. The summed E-state index contributed by atoms with van der Waals surface area (Å²) in [5.74, 6) is -2.82. The minimum Gasteiger partial charge on any atom is -0.747 e. The number of ether oxygens (including phenoxy) is 1. The molecule has 21 heavy (non-hydrogen) atoms. The van der Waals surface area contributed by atoms with Gasteiger partial charge in [0, 0.05) is 0 Å². The molecule has 0 aliphatic rings. The number of carbonyl (C=O) groups is 2. The molecule has 0 saturated heterocycles. The van der Waals surface area contributed by atoms with Crippen molar-refractivity contribution in [3.8, 4) is 0 Å². The largest absolute Gasteiger partial charge is 1.00 e. The number of esters is 1. The molecule has 9 heteroatoms. The Morgan fingerprint density at radius 2 is 1.67 bits per heavy atom. The van der Waals surface area contributed by atoms with Crippen LogP contribution in [0.4, 0.5) is 0 Å². The molecule has 0 rings (SSSR count). The van der Waals surface area contributed by atoms with E-state index in [1.165, 1.54) is 0 Å². The van der Waals surface area contributed by atoms with Crippen molar-refractivity contribution >= 4 is 22.1 Å². The summed E-state index contributed by atoms with van der Waals surface area (Å²) < 4.78 is 36.6. The first-order valence-electron chi connectivity index (χ1n) is 6.62. The maximum Gasteiger partial charge on any atom is 1.00 e. The zero-order valence-corrected chi connectivity index (χ0v) is 15.4. The number of aliphatic carboxylic acids is 1. The Morgan fingerprint density at radius 1 is 1.14 bits per heavy atom. The number of unbranched alkanes of at least 4 members (excludes halogenated alkanes) is 5. The Bertz CT molecular complexity index is 408. The molecule has 1 N–H and O–H groups in total. The van der Waals surface area contributed by atoms with Crippen LogP contribution < -0.4 is 29.6 Å². The number of hydrogen-bond acceptors (Lipinski definition) is 6. The van der Waals surface area contributed by atoms with Gasteiger partial charge in [0.1, 0.15) is 10.1 Å². The third-order valence-electron chi connectivity index (χ3n) is 2.74. The van der Waals surface area contributed by atoms with Crippen LogP contribution in [0.2, 0.25) is 0 Å². The molecule has 0 aliphatic heterocycles. The van der Waals surface area contributed by atoms with Crippen LogP contribution in [0.15, 0.2) is 0 Å². The fraction of sp³-hybridized carbons (Fsp3) is 0.833. The molecule has 1 unspecified atom stereocenters. The quantitative estimate of drug-likeness (QED) is 0.207. The van der Waals surface area contributed by atoms with Gasteiger partial charge in [0.25, 0.3) is 0 Å². The van der Waals surface area contributed by atoms with Crippen molar-refractivity contribution in [3.63, 3.8) is 0 Å². The molecule has 0 amide bonds. The number of carboxylic acid groups (broad SMARTS) is 1. The smallest absolute Gasteiger partial charge is 0.747 e. The Kier molecular flexibility index (Phi) is 13.7. The third kappa shape index (κ3) is 12.1. The third-order valence-corrected chi connectivity index (χ3v) is 3.80. The van der Waals surface area contributed by atoms with Crippen molar-refractivity contribution in [2.24, 2.45) is 0 Å². The molecule has 0 spiro atoms. The van der Waals surface area contributed by atoms with Gasteiger partial charge in [-0.1, -0.05) is 39.0 Å². The first-order chi connectivity index (χ1) is 9.29. The van der Waals surface area contributed by atoms with Crippen molar-refractivity contribution in [2.75, 3.05) is 6.61 Å². The Morgan fingerprint density at radius 3 is 2.14 bits per heavy atom. The molecular formula is C12H21NaO7S. The number of rotatable bonds is 11. The van der Waals surface area contributed by atoms with Crippen LogP contribution in [-0.2, 0) is 24.4 Å².